The Balaban J connectivity index is 1.77. The molecule has 0 aliphatic heterocycles. The zero-order valence-electron chi connectivity index (χ0n) is 12.3. The van der Waals surface area contributed by atoms with Gasteiger partial charge in [0.25, 0.3) is 5.91 Å². The normalized spacial score (nSPS) is 32.5. The summed E-state index contributed by atoms with van der Waals surface area (Å²) in [6.45, 7) is 6.94. The number of nitrogens with zero attached hydrogens (tertiary/aromatic N) is 2. The molecular weight excluding hydrogens is 250 g/mol. The zero-order valence-corrected chi connectivity index (χ0v) is 12.3. The van der Waals surface area contributed by atoms with E-state index >= 15 is 0 Å². The molecule has 0 spiro atoms. The molecule has 0 aromatic carbocycles. The lowest BCUT2D eigenvalue weighted by Gasteiger charge is -2.34. The molecule has 2 bridgehead atoms. The highest BCUT2D eigenvalue weighted by molar-refractivity contribution is 5.97. The van der Waals surface area contributed by atoms with Crippen LogP contribution in [0.5, 0.6) is 0 Å². The third-order valence-electron chi connectivity index (χ3n) is 5.70. The number of aromatic nitrogens is 1. The zero-order chi connectivity index (χ0) is 14.4. The van der Waals surface area contributed by atoms with Crippen molar-refractivity contribution in [2.45, 2.75) is 40.0 Å². The van der Waals surface area contributed by atoms with Crippen LogP contribution in [0.2, 0.25) is 0 Å². The minimum atomic E-state index is -0.234. The smallest absolute Gasteiger partial charge is 0.266 e. The summed E-state index contributed by atoms with van der Waals surface area (Å²) in [5.74, 6) is 0.459. The van der Waals surface area contributed by atoms with Crippen molar-refractivity contribution in [3.05, 3.63) is 30.1 Å². The van der Waals surface area contributed by atoms with E-state index in [2.05, 4.69) is 36.3 Å². The van der Waals surface area contributed by atoms with Crippen LogP contribution >= 0.6 is 0 Å². The standard InChI is InChI=1S/C16H21N3O/c1-15(2)11-7-8-16(15,3)13(10-11)18-19-14(20)12-6-4-5-9-17-12/h4-6,9,11H,7-8,10H2,1-3H3,(H,19,20)/b18-13-/t11-,16-/m1/s1. The highest BCUT2D eigenvalue weighted by Gasteiger charge is 2.59. The number of hydrazone groups is 1. The molecule has 4 heteroatoms. The maximum atomic E-state index is 12.0. The number of carbonyl (C=O) groups is 1. The number of hydrogen-bond acceptors (Lipinski definition) is 3. The predicted molar refractivity (Wildman–Crippen MR) is 78.4 cm³/mol. The van der Waals surface area contributed by atoms with E-state index in [1.807, 2.05) is 0 Å². The number of fused-ring (bicyclic) bond motifs is 2. The van der Waals surface area contributed by atoms with Gasteiger partial charge in [-0.2, -0.15) is 5.10 Å². The molecule has 106 valence electrons. The fraction of sp³-hybridized carbons (Fsp3) is 0.562. The van der Waals surface area contributed by atoms with Crippen LogP contribution in [-0.4, -0.2) is 16.6 Å². The van der Waals surface area contributed by atoms with Gasteiger partial charge in [-0.05, 0) is 42.7 Å². The first-order valence-corrected chi connectivity index (χ1v) is 7.23. The van der Waals surface area contributed by atoms with E-state index < -0.39 is 0 Å². The lowest BCUT2D eigenvalue weighted by molar-refractivity contribution is 0.0949. The molecule has 0 radical (unpaired) electrons. The Labute approximate surface area is 119 Å². The molecule has 3 rings (SSSR count). The maximum absolute atomic E-state index is 12.0. The molecule has 2 aliphatic rings. The highest BCUT2D eigenvalue weighted by Crippen LogP contribution is 2.63. The third-order valence-corrected chi connectivity index (χ3v) is 5.70. The summed E-state index contributed by atoms with van der Waals surface area (Å²) >= 11 is 0. The van der Waals surface area contributed by atoms with E-state index in [-0.39, 0.29) is 16.7 Å². The maximum Gasteiger partial charge on any atom is 0.289 e. The summed E-state index contributed by atoms with van der Waals surface area (Å²) in [6.07, 6.45) is 5.07. The van der Waals surface area contributed by atoms with Crippen molar-refractivity contribution in [1.29, 1.82) is 0 Å². The molecule has 2 saturated carbocycles. The van der Waals surface area contributed by atoms with E-state index in [0.29, 0.717) is 11.6 Å². The number of rotatable bonds is 2. The van der Waals surface area contributed by atoms with Crippen LogP contribution in [0.25, 0.3) is 0 Å². The van der Waals surface area contributed by atoms with E-state index in [1.54, 1.807) is 24.4 Å². The fourth-order valence-corrected chi connectivity index (χ4v) is 3.77. The summed E-state index contributed by atoms with van der Waals surface area (Å²) in [5, 5.41) is 4.43. The lowest BCUT2D eigenvalue weighted by Crippen LogP contribution is -2.34. The van der Waals surface area contributed by atoms with Crippen LogP contribution in [0.1, 0.15) is 50.5 Å². The molecule has 1 amide bonds. The summed E-state index contributed by atoms with van der Waals surface area (Å²) in [6, 6.07) is 5.29. The molecule has 1 heterocycles. The van der Waals surface area contributed by atoms with Crippen molar-refractivity contribution in [1.82, 2.24) is 10.4 Å². The Hall–Kier alpha value is -1.71. The van der Waals surface area contributed by atoms with Gasteiger partial charge in [-0.25, -0.2) is 5.43 Å². The van der Waals surface area contributed by atoms with Gasteiger partial charge in [-0.1, -0.05) is 26.8 Å². The van der Waals surface area contributed by atoms with Crippen LogP contribution in [0.15, 0.2) is 29.5 Å². The predicted octanol–water partition coefficient (Wildman–Crippen LogP) is 3.01. The number of hydrogen-bond donors (Lipinski definition) is 1. The van der Waals surface area contributed by atoms with Gasteiger partial charge in [0.15, 0.2) is 0 Å². The molecule has 2 fully saturated rings. The van der Waals surface area contributed by atoms with Gasteiger partial charge in [0.2, 0.25) is 0 Å². The molecule has 1 aromatic rings. The molecular formula is C16H21N3O. The van der Waals surface area contributed by atoms with Crippen molar-refractivity contribution < 1.29 is 4.79 Å². The Kier molecular flexibility index (Phi) is 2.92. The van der Waals surface area contributed by atoms with Crippen molar-refractivity contribution in [2.24, 2.45) is 21.8 Å². The minimum absolute atomic E-state index is 0.120. The quantitative estimate of drug-likeness (QED) is 0.841. The number of carbonyl (C=O) groups excluding carboxylic acids is 1. The van der Waals surface area contributed by atoms with Crippen LogP contribution in [0.3, 0.4) is 0 Å². The van der Waals surface area contributed by atoms with Crippen LogP contribution in [0.4, 0.5) is 0 Å². The second-order valence-corrected chi connectivity index (χ2v) is 6.71. The summed E-state index contributed by atoms with van der Waals surface area (Å²) in [5.41, 5.74) is 4.62. The molecule has 4 nitrogen and oxygen atoms in total. The van der Waals surface area contributed by atoms with E-state index in [1.165, 1.54) is 12.8 Å². The van der Waals surface area contributed by atoms with Crippen molar-refractivity contribution in [3.63, 3.8) is 0 Å². The Morgan fingerprint density at radius 1 is 1.40 bits per heavy atom. The molecule has 20 heavy (non-hydrogen) atoms. The SMILES string of the molecule is CC1(C)[C@@H]2CC[C@]1(C)/C(=N\NC(=O)c1ccccn1)C2. The van der Waals surface area contributed by atoms with E-state index in [4.69, 9.17) is 0 Å². The first kappa shape index (κ1) is 13.3. The van der Waals surface area contributed by atoms with Gasteiger partial charge < -0.3 is 0 Å². The van der Waals surface area contributed by atoms with Crippen molar-refractivity contribution >= 4 is 11.6 Å². The van der Waals surface area contributed by atoms with Crippen LogP contribution in [0, 0.1) is 16.7 Å². The molecule has 1 aromatic heterocycles. The minimum Gasteiger partial charge on any atom is -0.266 e. The van der Waals surface area contributed by atoms with Gasteiger partial charge in [0.1, 0.15) is 5.69 Å². The third kappa shape index (κ3) is 1.78. The van der Waals surface area contributed by atoms with Gasteiger partial charge in [-0.15, -0.1) is 0 Å². The second kappa shape index (κ2) is 4.40. The van der Waals surface area contributed by atoms with Gasteiger partial charge in [0.05, 0.1) is 0 Å². The first-order valence-electron chi connectivity index (χ1n) is 7.23. The van der Waals surface area contributed by atoms with Crippen LogP contribution in [-0.2, 0) is 0 Å². The molecule has 2 aliphatic carbocycles. The summed E-state index contributed by atoms with van der Waals surface area (Å²) in [4.78, 5) is 16.0. The lowest BCUT2D eigenvalue weighted by atomic mass is 9.70. The Morgan fingerprint density at radius 2 is 2.20 bits per heavy atom. The molecule has 2 atom stereocenters. The van der Waals surface area contributed by atoms with Gasteiger partial charge in [0, 0.05) is 17.3 Å². The summed E-state index contributed by atoms with van der Waals surface area (Å²) in [7, 11) is 0. The molecule has 1 N–H and O–H groups in total. The monoisotopic (exact) mass is 271 g/mol. The van der Waals surface area contributed by atoms with Crippen molar-refractivity contribution in [3.8, 4) is 0 Å². The second-order valence-electron chi connectivity index (χ2n) is 6.71. The van der Waals surface area contributed by atoms with E-state index in [9.17, 15) is 4.79 Å². The summed E-state index contributed by atoms with van der Waals surface area (Å²) < 4.78 is 0. The number of amides is 1. The van der Waals surface area contributed by atoms with Crippen molar-refractivity contribution in [2.75, 3.05) is 0 Å². The number of nitrogens with one attached hydrogen (secondary N) is 1. The molecule has 0 unspecified atom stereocenters. The number of pyridine rings is 1. The van der Waals surface area contributed by atoms with Crippen LogP contribution < -0.4 is 5.43 Å². The Morgan fingerprint density at radius 3 is 2.75 bits per heavy atom. The average Bonchev–Trinajstić information content (AvgIpc) is 2.78. The first-order chi connectivity index (χ1) is 9.45. The highest BCUT2D eigenvalue weighted by atomic mass is 16.2. The topological polar surface area (TPSA) is 54.4 Å². The largest absolute Gasteiger partial charge is 0.289 e. The molecule has 0 saturated heterocycles. The Bertz CT molecular complexity index is 564. The van der Waals surface area contributed by atoms with Gasteiger partial charge in [-0.3, -0.25) is 9.78 Å². The van der Waals surface area contributed by atoms with Gasteiger partial charge >= 0.3 is 0 Å². The van der Waals surface area contributed by atoms with E-state index in [0.717, 1.165) is 12.1 Å². The fourth-order valence-electron chi connectivity index (χ4n) is 3.77. The average molecular weight is 271 g/mol.